The van der Waals surface area contributed by atoms with E-state index >= 15 is 0 Å². The lowest BCUT2D eigenvalue weighted by atomic mass is 9.41. The fraction of sp³-hybridized carbons (Fsp3) is 0.400. The summed E-state index contributed by atoms with van der Waals surface area (Å²) in [6.45, 7) is 0. The lowest BCUT2D eigenvalue weighted by Crippen LogP contribution is -2.59. The summed E-state index contributed by atoms with van der Waals surface area (Å²) in [7, 11) is 0. The summed E-state index contributed by atoms with van der Waals surface area (Å²) in [6, 6.07) is 21.6. The van der Waals surface area contributed by atoms with Crippen molar-refractivity contribution in [2.75, 3.05) is 0 Å². The van der Waals surface area contributed by atoms with Gasteiger partial charge < -0.3 is 5.73 Å². The standard InChI is InChI=1S/C25H27NO/c26-23(27)25-15-19-13-24(17-25,21-9-5-2-6-10-21)14-20(16-25)22(19)12-11-18-7-3-1-4-8-18/h1-10,12,19-20H,11,13-17H2,(H2,26,27). The quantitative estimate of drug-likeness (QED) is 0.786. The van der Waals surface area contributed by atoms with Gasteiger partial charge in [-0.3, -0.25) is 4.79 Å². The molecule has 0 aromatic heterocycles. The van der Waals surface area contributed by atoms with E-state index < -0.39 is 0 Å². The fourth-order valence-corrected chi connectivity index (χ4v) is 6.54. The Morgan fingerprint density at radius 3 is 2.11 bits per heavy atom. The minimum absolute atomic E-state index is 0.0701. The monoisotopic (exact) mass is 357 g/mol. The lowest BCUT2D eigenvalue weighted by molar-refractivity contribution is -0.140. The van der Waals surface area contributed by atoms with E-state index in [0.717, 1.165) is 25.7 Å². The largest absolute Gasteiger partial charge is 0.369 e. The van der Waals surface area contributed by atoms with Gasteiger partial charge in [0.15, 0.2) is 0 Å². The van der Waals surface area contributed by atoms with Crippen molar-refractivity contribution in [2.24, 2.45) is 23.0 Å². The average molecular weight is 357 g/mol. The Balaban J connectivity index is 1.51. The van der Waals surface area contributed by atoms with Crippen LogP contribution in [0.25, 0.3) is 0 Å². The van der Waals surface area contributed by atoms with Crippen molar-refractivity contribution in [3.8, 4) is 0 Å². The maximum absolute atomic E-state index is 12.5. The molecule has 4 aliphatic carbocycles. The van der Waals surface area contributed by atoms with Crippen molar-refractivity contribution in [1.29, 1.82) is 0 Å². The molecule has 2 aromatic carbocycles. The van der Waals surface area contributed by atoms with E-state index in [-0.39, 0.29) is 16.7 Å². The highest BCUT2D eigenvalue weighted by Crippen LogP contribution is 2.67. The van der Waals surface area contributed by atoms with Crippen LogP contribution in [0.4, 0.5) is 0 Å². The minimum Gasteiger partial charge on any atom is -0.369 e. The third kappa shape index (κ3) is 2.65. The van der Waals surface area contributed by atoms with Gasteiger partial charge in [-0.05, 0) is 66.9 Å². The number of hydrogen-bond donors (Lipinski definition) is 1. The molecule has 0 spiro atoms. The topological polar surface area (TPSA) is 43.1 Å². The third-order valence-corrected chi connectivity index (χ3v) is 7.49. The zero-order valence-corrected chi connectivity index (χ0v) is 15.7. The van der Waals surface area contributed by atoms with E-state index in [4.69, 9.17) is 5.73 Å². The van der Waals surface area contributed by atoms with E-state index in [1.807, 2.05) is 0 Å². The fourth-order valence-electron chi connectivity index (χ4n) is 6.54. The first-order valence-corrected chi connectivity index (χ1v) is 10.2. The highest BCUT2D eigenvalue weighted by molar-refractivity contribution is 5.82. The first kappa shape index (κ1) is 16.8. The van der Waals surface area contributed by atoms with Gasteiger partial charge in [0, 0.05) is 0 Å². The summed E-state index contributed by atoms with van der Waals surface area (Å²) in [5.41, 5.74) is 10.2. The summed E-state index contributed by atoms with van der Waals surface area (Å²) in [6.07, 6.45) is 8.65. The summed E-state index contributed by atoms with van der Waals surface area (Å²) in [4.78, 5) is 12.5. The summed E-state index contributed by atoms with van der Waals surface area (Å²) in [5.74, 6) is 0.935. The predicted molar refractivity (Wildman–Crippen MR) is 108 cm³/mol. The molecule has 2 heteroatoms. The summed E-state index contributed by atoms with van der Waals surface area (Å²) >= 11 is 0. The molecular weight excluding hydrogens is 330 g/mol. The molecule has 0 saturated heterocycles. The first-order valence-electron chi connectivity index (χ1n) is 10.2. The number of allylic oxidation sites excluding steroid dienone is 2. The highest BCUT2D eigenvalue weighted by Gasteiger charge is 2.61. The van der Waals surface area contributed by atoms with E-state index in [2.05, 4.69) is 66.7 Å². The van der Waals surface area contributed by atoms with Crippen LogP contribution < -0.4 is 5.73 Å². The SMILES string of the molecule is NC(=O)C12CC3CC(c4ccccc4)(CC(C1)C3=CCc1ccccc1)C2. The van der Waals surface area contributed by atoms with Crippen LogP contribution in [0.5, 0.6) is 0 Å². The molecule has 4 saturated carbocycles. The Hall–Kier alpha value is -2.35. The molecule has 27 heavy (non-hydrogen) atoms. The second-order valence-corrected chi connectivity index (χ2v) is 9.07. The molecule has 2 nitrogen and oxygen atoms in total. The van der Waals surface area contributed by atoms with Gasteiger partial charge in [-0.15, -0.1) is 0 Å². The number of hydrogen-bond acceptors (Lipinski definition) is 1. The molecule has 2 unspecified atom stereocenters. The van der Waals surface area contributed by atoms with E-state index in [0.29, 0.717) is 11.8 Å². The second kappa shape index (κ2) is 6.09. The summed E-state index contributed by atoms with van der Waals surface area (Å²) in [5, 5.41) is 0. The Labute approximate surface area is 161 Å². The molecule has 0 aliphatic heterocycles. The number of benzene rings is 2. The van der Waals surface area contributed by atoms with Gasteiger partial charge in [0.2, 0.25) is 5.91 Å². The van der Waals surface area contributed by atoms with Gasteiger partial charge in [0.25, 0.3) is 0 Å². The van der Waals surface area contributed by atoms with Crippen molar-refractivity contribution in [3.05, 3.63) is 83.4 Å². The van der Waals surface area contributed by atoms with E-state index in [9.17, 15) is 4.79 Å². The zero-order valence-electron chi connectivity index (χ0n) is 15.7. The van der Waals surface area contributed by atoms with Gasteiger partial charge in [-0.25, -0.2) is 0 Å². The van der Waals surface area contributed by atoms with Gasteiger partial charge in [0.05, 0.1) is 5.41 Å². The molecule has 138 valence electrons. The highest BCUT2D eigenvalue weighted by atomic mass is 16.1. The third-order valence-electron chi connectivity index (χ3n) is 7.49. The van der Waals surface area contributed by atoms with Crippen molar-refractivity contribution in [3.63, 3.8) is 0 Å². The minimum atomic E-state index is -0.300. The van der Waals surface area contributed by atoms with Crippen LogP contribution in [0.1, 0.15) is 43.2 Å². The number of rotatable bonds is 4. The summed E-state index contributed by atoms with van der Waals surface area (Å²) < 4.78 is 0. The number of primary amides is 1. The van der Waals surface area contributed by atoms with Gasteiger partial charge in [-0.2, -0.15) is 0 Å². The van der Waals surface area contributed by atoms with Crippen molar-refractivity contribution >= 4 is 5.91 Å². The zero-order chi connectivity index (χ0) is 18.5. The molecule has 1 amide bonds. The van der Waals surface area contributed by atoms with Crippen LogP contribution in [0.2, 0.25) is 0 Å². The van der Waals surface area contributed by atoms with Crippen LogP contribution in [0.3, 0.4) is 0 Å². The lowest BCUT2D eigenvalue weighted by Gasteiger charge is -2.62. The molecule has 0 heterocycles. The molecule has 2 N–H and O–H groups in total. The van der Waals surface area contributed by atoms with Crippen LogP contribution in [-0.2, 0) is 16.6 Å². The van der Waals surface area contributed by atoms with Gasteiger partial charge >= 0.3 is 0 Å². The number of carbonyl (C=O) groups is 1. The molecule has 4 bridgehead atoms. The normalized spacial score (nSPS) is 33.9. The van der Waals surface area contributed by atoms with Crippen molar-refractivity contribution in [2.45, 2.75) is 43.9 Å². The molecule has 2 aromatic rings. The van der Waals surface area contributed by atoms with E-state index in [1.54, 1.807) is 5.57 Å². The Morgan fingerprint density at radius 2 is 1.52 bits per heavy atom. The molecular formula is C25H27NO. The van der Waals surface area contributed by atoms with Gasteiger partial charge in [-0.1, -0.05) is 72.3 Å². The Bertz CT molecular complexity index is 865. The molecule has 2 atom stereocenters. The van der Waals surface area contributed by atoms with Crippen molar-refractivity contribution < 1.29 is 4.79 Å². The predicted octanol–water partition coefficient (Wildman–Crippen LogP) is 4.79. The first-order chi connectivity index (χ1) is 13.1. The Kier molecular flexibility index (Phi) is 3.79. The second-order valence-electron chi connectivity index (χ2n) is 9.07. The van der Waals surface area contributed by atoms with Crippen LogP contribution in [0.15, 0.2) is 72.3 Å². The molecule has 6 rings (SSSR count). The number of nitrogens with two attached hydrogens (primary N) is 1. The molecule has 4 fully saturated rings. The van der Waals surface area contributed by atoms with Gasteiger partial charge in [0.1, 0.15) is 0 Å². The number of carbonyl (C=O) groups excluding carboxylic acids is 1. The smallest absolute Gasteiger partial charge is 0.223 e. The molecule has 0 radical (unpaired) electrons. The van der Waals surface area contributed by atoms with Crippen LogP contribution >= 0.6 is 0 Å². The van der Waals surface area contributed by atoms with Crippen LogP contribution in [0, 0.1) is 17.3 Å². The number of amides is 1. The maximum Gasteiger partial charge on any atom is 0.223 e. The molecule has 4 aliphatic rings. The average Bonchev–Trinajstić information content (AvgIpc) is 2.68. The maximum atomic E-state index is 12.5. The Morgan fingerprint density at radius 1 is 0.926 bits per heavy atom. The van der Waals surface area contributed by atoms with Crippen LogP contribution in [-0.4, -0.2) is 5.91 Å². The van der Waals surface area contributed by atoms with E-state index in [1.165, 1.54) is 24.0 Å². The van der Waals surface area contributed by atoms with Crippen molar-refractivity contribution in [1.82, 2.24) is 0 Å².